The molecule has 0 aliphatic carbocycles. The van der Waals surface area contributed by atoms with E-state index >= 15 is 0 Å². The van der Waals surface area contributed by atoms with Gasteiger partial charge in [-0.25, -0.2) is 0 Å². The highest BCUT2D eigenvalue weighted by Gasteiger charge is 2.06. The van der Waals surface area contributed by atoms with Crippen LogP contribution in [-0.4, -0.2) is 0 Å². The lowest BCUT2D eigenvalue weighted by Crippen LogP contribution is -1.97. The molecule has 4 aromatic rings. The van der Waals surface area contributed by atoms with Crippen molar-refractivity contribution in [2.75, 3.05) is 0 Å². The molecule has 0 saturated carbocycles. The minimum atomic E-state index is 0.508. The summed E-state index contributed by atoms with van der Waals surface area (Å²) in [4.78, 5) is 0. The van der Waals surface area contributed by atoms with E-state index in [9.17, 15) is 0 Å². The van der Waals surface area contributed by atoms with Crippen LogP contribution in [-0.2, 0) is 6.61 Å². The molecule has 0 radical (unpaired) electrons. The van der Waals surface area contributed by atoms with Gasteiger partial charge in [-0.05, 0) is 41.0 Å². The number of benzene rings is 4. The van der Waals surface area contributed by atoms with Crippen molar-refractivity contribution >= 4 is 0 Å². The molecule has 27 heavy (non-hydrogen) atoms. The summed E-state index contributed by atoms with van der Waals surface area (Å²) in [5, 5.41) is 0. The molecule has 132 valence electrons. The summed E-state index contributed by atoms with van der Waals surface area (Å²) in [6.45, 7) is 0.508. The third-order valence-corrected chi connectivity index (χ3v) is 4.28. The van der Waals surface area contributed by atoms with Gasteiger partial charge in [-0.2, -0.15) is 0 Å². The van der Waals surface area contributed by atoms with Crippen LogP contribution in [0.25, 0.3) is 11.1 Å². The fourth-order valence-electron chi connectivity index (χ4n) is 2.86. The van der Waals surface area contributed by atoms with Crippen molar-refractivity contribution in [2.45, 2.75) is 6.61 Å². The van der Waals surface area contributed by atoms with Crippen LogP contribution in [0.4, 0.5) is 0 Å². The molecule has 0 atom stereocenters. The molecule has 0 unspecified atom stereocenters. The topological polar surface area (TPSA) is 18.5 Å². The van der Waals surface area contributed by atoms with E-state index in [1.54, 1.807) is 0 Å². The number of rotatable bonds is 6. The first-order valence-electron chi connectivity index (χ1n) is 8.97. The smallest absolute Gasteiger partial charge is 0.169 e. The molecule has 0 spiro atoms. The highest BCUT2D eigenvalue weighted by atomic mass is 16.5. The molecule has 0 bridgehead atoms. The normalized spacial score (nSPS) is 10.4. The maximum atomic E-state index is 6.06. The van der Waals surface area contributed by atoms with E-state index in [1.165, 1.54) is 5.56 Å². The van der Waals surface area contributed by atoms with Crippen molar-refractivity contribution in [3.8, 4) is 28.4 Å². The molecular formula is C25H20O2. The van der Waals surface area contributed by atoms with Gasteiger partial charge >= 0.3 is 0 Å². The van der Waals surface area contributed by atoms with Crippen LogP contribution < -0.4 is 9.47 Å². The van der Waals surface area contributed by atoms with Gasteiger partial charge in [0.05, 0.1) is 0 Å². The second-order valence-corrected chi connectivity index (χ2v) is 6.21. The maximum absolute atomic E-state index is 6.06. The zero-order valence-electron chi connectivity index (χ0n) is 14.9. The monoisotopic (exact) mass is 352 g/mol. The third kappa shape index (κ3) is 4.36. The summed E-state index contributed by atoms with van der Waals surface area (Å²) in [5.41, 5.74) is 3.48. The Morgan fingerprint density at radius 1 is 0.481 bits per heavy atom. The predicted octanol–water partition coefficient (Wildman–Crippen LogP) is 6.72. The largest absolute Gasteiger partial charge is 0.485 e. The van der Waals surface area contributed by atoms with Gasteiger partial charge in [0.25, 0.3) is 0 Å². The van der Waals surface area contributed by atoms with Gasteiger partial charge in [-0.3, -0.25) is 0 Å². The van der Waals surface area contributed by atoms with Gasteiger partial charge < -0.3 is 9.47 Å². The summed E-state index contributed by atoms with van der Waals surface area (Å²) >= 11 is 0. The molecule has 0 aliphatic heterocycles. The van der Waals surface area contributed by atoms with Gasteiger partial charge in [-0.1, -0.05) is 84.9 Å². The molecule has 0 saturated heterocycles. The van der Waals surface area contributed by atoms with Crippen LogP contribution in [0.15, 0.2) is 109 Å². The lowest BCUT2D eigenvalue weighted by Gasteiger charge is -2.13. The number of para-hydroxylation sites is 2. The van der Waals surface area contributed by atoms with Gasteiger partial charge in [0.2, 0.25) is 0 Å². The maximum Gasteiger partial charge on any atom is 0.169 e. The van der Waals surface area contributed by atoms with Gasteiger partial charge in [0, 0.05) is 0 Å². The van der Waals surface area contributed by atoms with E-state index in [4.69, 9.17) is 9.47 Å². The molecule has 0 heterocycles. The van der Waals surface area contributed by atoms with E-state index in [0.717, 1.165) is 22.6 Å². The highest BCUT2D eigenvalue weighted by Crippen LogP contribution is 2.32. The first-order valence-corrected chi connectivity index (χ1v) is 8.97. The van der Waals surface area contributed by atoms with Crippen LogP contribution in [0.3, 0.4) is 0 Å². The molecule has 2 heteroatoms. The third-order valence-electron chi connectivity index (χ3n) is 4.28. The molecule has 2 nitrogen and oxygen atoms in total. The molecule has 0 aromatic heterocycles. The molecule has 4 rings (SSSR count). The van der Waals surface area contributed by atoms with E-state index in [0.29, 0.717) is 12.4 Å². The van der Waals surface area contributed by atoms with Crippen LogP contribution in [0.5, 0.6) is 17.2 Å². The van der Waals surface area contributed by atoms with Crippen molar-refractivity contribution in [2.24, 2.45) is 0 Å². The van der Waals surface area contributed by atoms with E-state index in [1.807, 2.05) is 84.9 Å². The second-order valence-electron chi connectivity index (χ2n) is 6.21. The summed E-state index contributed by atoms with van der Waals surface area (Å²) in [7, 11) is 0. The van der Waals surface area contributed by atoms with Crippen LogP contribution in [0, 0.1) is 0 Å². The summed E-state index contributed by atoms with van der Waals surface area (Å²) in [6, 6.07) is 36.3. The number of ether oxygens (including phenoxy) is 2. The molecule has 4 aromatic carbocycles. The fraction of sp³-hybridized carbons (Fsp3) is 0.0400. The Kier molecular flexibility index (Phi) is 5.16. The zero-order valence-corrected chi connectivity index (χ0v) is 14.9. The Hall–Kier alpha value is -3.52. The van der Waals surface area contributed by atoms with Crippen molar-refractivity contribution < 1.29 is 9.47 Å². The van der Waals surface area contributed by atoms with E-state index in [2.05, 4.69) is 24.3 Å². The van der Waals surface area contributed by atoms with Crippen molar-refractivity contribution in [3.05, 3.63) is 115 Å². The highest BCUT2D eigenvalue weighted by molar-refractivity contribution is 5.64. The lowest BCUT2D eigenvalue weighted by atomic mass is 10.1. The Balaban J connectivity index is 1.48. The molecule has 0 amide bonds. The molecule has 0 aliphatic rings. The predicted molar refractivity (Wildman–Crippen MR) is 109 cm³/mol. The second kappa shape index (κ2) is 8.24. The Labute approximate surface area is 159 Å². The zero-order chi connectivity index (χ0) is 18.3. The van der Waals surface area contributed by atoms with Gasteiger partial charge in [0.1, 0.15) is 12.4 Å². The van der Waals surface area contributed by atoms with Crippen LogP contribution in [0.1, 0.15) is 5.56 Å². The summed E-state index contributed by atoms with van der Waals surface area (Å²) in [6.07, 6.45) is 0. The summed E-state index contributed by atoms with van der Waals surface area (Å²) < 4.78 is 12.0. The van der Waals surface area contributed by atoms with Crippen molar-refractivity contribution in [1.29, 1.82) is 0 Å². The SMILES string of the molecule is c1ccc(COc2ccccc2Oc2ccc(-c3ccccc3)cc2)cc1. The number of hydrogen-bond donors (Lipinski definition) is 0. The van der Waals surface area contributed by atoms with Crippen LogP contribution >= 0.6 is 0 Å². The Morgan fingerprint density at radius 3 is 1.74 bits per heavy atom. The summed E-state index contributed by atoms with van der Waals surface area (Å²) in [5.74, 6) is 2.22. The molecule has 0 fully saturated rings. The average molecular weight is 352 g/mol. The average Bonchev–Trinajstić information content (AvgIpc) is 2.75. The minimum absolute atomic E-state index is 0.508. The lowest BCUT2D eigenvalue weighted by molar-refractivity contribution is 0.291. The molecule has 0 N–H and O–H groups in total. The van der Waals surface area contributed by atoms with Gasteiger partial charge in [0.15, 0.2) is 11.5 Å². The van der Waals surface area contributed by atoms with Gasteiger partial charge in [-0.15, -0.1) is 0 Å². The van der Waals surface area contributed by atoms with E-state index in [-0.39, 0.29) is 0 Å². The van der Waals surface area contributed by atoms with Crippen molar-refractivity contribution in [3.63, 3.8) is 0 Å². The Bertz CT molecular complexity index is 977. The Morgan fingerprint density at radius 2 is 1.04 bits per heavy atom. The fourth-order valence-corrected chi connectivity index (χ4v) is 2.86. The first-order chi connectivity index (χ1) is 13.4. The van der Waals surface area contributed by atoms with Crippen molar-refractivity contribution in [1.82, 2.24) is 0 Å². The van der Waals surface area contributed by atoms with E-state index < -0.39 is 0 Å². The standard InChI is InChI=1S/C25H20O2/c1-3-9-20(10-4-1)19-26-24-13-7-8-14-25(24)27-23-17-15-22(16-18-23)21-11-5-2-6-12-21/h1-18H,19H2. The number of hydrogen-bond acceptors (Lipinski definition) is 2. The first kappa shape index (κ1) is 16.9. The van der Waals surface area contributed by atoms with Crippen LogP contribution in [0.2, 0.25) is 0 Å². The molecular weight excluding hydrogens is 332 g/mol. The quantitative estimate of drug-likeness (QED) is 0.383. The minimum Gasteiger partial charge on any atom is -0.485 e.